The maximum atomic E-state index is 12.4. The molecule has 0 heterocycles. The molecule has 0 bridgehead atoms. The van der Waals surface area contributed by atoms with Crippen LogP contribution in [0.3, 0.4) is 0 Å². The molecular formula is C20H21NO6S. The van der Waals surface area contributed by atoms with Gasteiger partial charge >= 0.3 is 5.97 Å². The maximum Gasteiger partial charge on any atom is 0.338 e. The van der Waals surface area contributed by atoms with E-state index in [1.165, 1.54) is 44.4 Å². The van der Waals surface area contributed by atoms with Crippen molar-refractivity contribution in [3.8, 4) is 5.75 Å². The van der Waals surface area contributed by atoms with E-state index in [1.54, 1.807) is 18.2 Å². The summed E-state index contributed by atoms with van der Waals surface area (Å²) < 4.78 is 37.2. The number of esters is 1. The molecule has 0 aliphatic carbocycles. The fourth-order valence-corrected chi connectivity index (χ4v) is 3.42. The fraction of sp³-hybridized carbons (Fsp3) is 0.200. The molecule has 2 aromatic carbocycles. The summed E-state index contributed by atoms with van der Waals surface area (Å²) in [6.07, 6.45) is 1.41. The molecule has 28 heavy (non-hydrogen) atoms. The highest BCUT2D eigenvalue weighted by Crippen LogP contribution is 2.22. The minimum atomic E-state index is -3.76. The summed E-state index contributed by atoms with van der Waals surface area (Å²) in [6.45, 7) is 4.83. The first kappa shape index (κ1) is 21.3. The molecule has 0 fully saturated rings. The quantitative estimate of drug-likeness (QED) is 0.393. The second-order valence-corrected chi connectivity index (χ2v) is 7.59. The Bertz CT molecular complexity index is 998. The van der Waals surface area contributed by atoms with Crippen LogP contribution in [-0.4, -0.2) is 33.8 Å². The number of benzene rings is 2. The lowest BCUT2D eigenvalue weighted by Crippen LogP contribution is -2.23. The summed E-state index contributed by atoms with van der Waals surface area (Å²) in [5.41, 5.74) is 1.08. The van der Waals surface area contributed by atoms with Crippen molar-refractivity contribution in [1.82, 2.24) is 4.72 Å². The number of Topliss-reactive ketones (excluding diaryl/α,β-unsaturated/α-hetero) is 1. The summed E-state index contributed by atoms with van der Waals surface area (Å²) in [5.74, 6) is -0.348. The van der Waals surface area contributed by atoms with Crippen molar-refractivity contribution in [2.45, 2.75) is 18.4 Å². The molecule has 0 aromatic heterocycles. The Morgan fingerprint density at radius 1 is 1.14 bits per heavy atom. The Morgan fingerprint density at radius 3 is 2.54 bits per heavy atom. The second kappa shape index (κ2) is 9.29. The van der Waals surface area contributed by atoms with E-state index >= 15 is 0 Å². The van der Waals surface area contributed by atoms with E-state index < -0.39 is 16.0 Å². The van der Waals surface area contributed by atoms with Crippen LogP contribution >= 0.6 is 0 Å². The van der Waals surface area contributed by atoms with Gasteiger partial charge in [0.05, 0.1) is 17.6 Å². The Morgan fingerprint density at radius 2 is 1.89 bits per heavy atom. The molecule has 0 radical (unpaired) electrons. The van der Waals surface area contributed by atoms with Crippen molar-refractivity contribution < 1.29 is 27.5 Å². The van der Waals surface area contributed by atoms with Crippen LogP contribution in [0, 0.1) is 0 Å². The van der Waals surface area contributed by atoms with Crippen molar-refractivity contribution in [2.24, 2.45) is 0 Å². The number of methoxy groups -OCH3 is 1. The number of hydrogen-bond donors (Lipinski definition) is 1. The van der Waals surface area contributed by atoms with Crippen LogP contribution in [0.4, 0.5) is 0 Å². The minimum absolute atomic E-state index is 0.0556. The summed E-state index contributed by atoms with van der Waals surface area (Å²) >= 11 is 0. The molecule has 8 heteroatoms. The number of rotatable bonds is 9. The number of hydrogen-bond acceptors (Lipinski definition) is 6. The first-order chi connectivity index (χ1) is 13.3. The molecule has 7 nitrogen and oxygen atoms in total. The number of sulfonamides is 1. The highest BCUT2D eigenvalue weighted by Gasteiger charge is 2.17. The van der Waals surface area contributed by atoms with E-state index in [2.05, 4.69) is 11.3 Å². The number of ether oxygens (including phenoxy) is 2. The number of ketones is 1. The number of carbonyl (C=O) groups excluding carboxylic acids is 2. The first-order valence-corrected chi connectivity index (χ1v) is 9.82. The molecular weight excluding hydrogens is 382 g/mol. The third kappa shape index (κ3) is 5.28. The first-order valence-electron chi connectivity index (χ1n) is 8.34. The number of carbonyl (C=O) groups is 2. The van der Waals surface area contributed by atoms with Gasteiger partial charge in [-0.25, -0.2) is 17.9 Å². The van der Waals surface area contributed by atoms with Crippen molar-refractivity contribution >= 4 is 21.8 Å². The van der Waals surface area contributed by atoms with Gasteiger partial charge < -0.3 is 9.47 Å². The zero-order valence-electron chi connectivity index (χ0n) is 15.6. The Balaban J connectivity index is 2.18. The summed E-state index contributed by atoms with van der Waals surface area (Å²) in [6, 6.07) is 10.4. The van der Waals surface area contributed by atoms with E-state index in [0.29, 0.717) is 16.9 Å². The van der Waals surface area contributed by atoms with Crippen LogP contribution in [0.5, 0.6) is 5.75 Å². The van der Waals surface area contributed by atoms with Gasteiger partial charge in [-0.15, -0.1) is 6.58 Å². The third-order valence-corrected chi connectivity index (χ3v) is 5.26. The predicted molar refractivity (Wildman–Crippen MR) is 104 cm³/mol. The second-order valence-electron chi connectivity index (χ2n) is 5.83. The highest BCUT2D eigenvalue weighted by atomic mass is 32.2. The molecule has 148 valence electrons. The minimum Gasteiger partial charge on any atom is -0.496 e. The summed E-state index contributed by atoms with van der Waals surface area (Å²) in [5, 5.41) is 0. The smallest absolute Gasteiger partial charge is 0.338 e. The van der Waals surface area contributed by atoms with Gasteiger partial charge in [0.2, 0.25) is 10.0 Å². The molecule has 0 unspecified atom stereocenters. The van der Waals surface area contributed by atoms with Gasteiger partial charge in [-0.05, 0) is 43.3 Å². The van der Waals surface area contributed by atoms with E-state index in [9.17, 15) is 18.0 Å². The average molecular weight is 403 g/mol. The van der Waals surface area contributed by atoms with Gasteiger partial charge in [0, 0.05) is 17.7 Å². The van der Waals surface area contributed by atoms with Gasteiger partial charge in [0.25, 0.3) is 0 Å². The van der Waals surface area contributed by atoms with Gasteiger partial charge in [-0.3, -0.25) is 4.79 Å². The third-order valence-electron chi connectivity index (χ3n) is 3.84. The fourth-order valence-electron chi connectivity index (χ4n) is 2.38. The van der Waals surface area contributed by atoms with E-state index in [-0.39, 0.29) is 29.4 Å². The van der Waals surface area contributed by atoms with Crippen LogP contribution in [0.15, 0.2) is 60.0 Å². The molecule has 0 amide bonds. The predicted octanol–water partition coefficient (Wildman–Crippen LogP) is 2.72. The number of nitrogens with one attached hydrogen (secondary N) is 1. The highest BCUT2D eigenvalue weighted by molar-refractivity contribution is 7.89. The average Bonchev–Trinajstić information content (AvgIpc) is 2.70. The van der Waals surface area contributed by atoms with Crippen LogP contribution < -0.4 is 9.46 Å². The SMILES string of the molecule is C=CCNS(=O)(=O)c1cccc(C(=O)OCc2cc(C(C)=O)ccc2OC)c1. The molecule has 0 saturated heterocycles. The zero-order valence-corrected chi connectivity index (χ0v) is 16.4. The molecule has 0 spiro atoms. The van der Waals surface area contributed by atoms with Crippen LogP contribution in [-0.2, 0) is 21.4 Å². The van der Waals surface area contributed by atoms with Crippen molar-refractivity contribution in [3.05, 3.63) is 71.8 Å². The van der Waals surface area contributed by atoms with Crippen LogP contribution in [0.25, 0.3) is 0 Å². The van der Waals surface area contributed by atoms with Crippen molar-refractivity contribution in [1.29, 1.82) is 0 Å². The Kier molecular flexibility index (Phi) is 7.08. The van der Waals surface area contributed by atoms with Gasteiger partial charge in [-0.1, -0.05) is 12.1 Å². The lowest BCUT2D eigenvalue weighted by molar-refractivity contribution is 0.0470. The van der Waals surface area contributed by atoms with Gasteiger partial charge in [0.15, 0.2) is 5.78 Å². The maximum absolute atomic E-state index is 12.4. The van der Waals surface area contributed by atoms with Crippen LogP contribution in [0.1, 0.15) is 33.2 Å². The molecule has 0 saturated carbocycles. The largest absolute Gasteiger partial charge is 0.496 e. The molecule has 0 aliphatic heterocycles. The molecule has 2 aromatic rings. The lowest BCUT2D eigenvalue weighted by atomic mass is 10.1. The lowest BCUT2D eigenvalue weighted by Gasteiger charge is -2.11. The van der Waals surface area contributed by atoms with Crippen molar-refractivity contribution in [3.63, 3.8) is 0 Å². The molecule has 2 rings (SSSR count). The zero-order chi connectivity index (χ0) is 20.7. The van der Waals surface area contributed by atoms with E-state index in [1.807, 2.05) is 0 Å². The van der Waals surface area contributed by atoms with Gasteiger partial charge in [0.1, 0.15) is 12.4 Å². The summed E-state index contributed by atoms with van der Waals surface area (Å²) in [7, 11) is -2.29. The van der Waals surface area contributed by atoms with Gasteiger partial charge in [-0.2, -0.15) is 0 Å². The summed E-state index contributed by atoms with van der Waals surface area (Å²) in [4.78, 5) is 23.9. The van der Waals surface area contributed by atoms with Crippen molar-refractivity contribution in [2.75, 3.05) is 13.7 Å². The normalized spacial score (nSPS) is 10.9. The Hall–Kier alpha value is -2.97. The standard InChI is InChI=1S/C20H21NO6S/c1-4-10-21-28(24,25)18-7-5-6-16(12-18)20(23)27-13-17-11-15(14(2)22)8-9-19(17)26-3/h4-9,11-12,21H,1,10,13H2,2-3H3. The molecule has 0 aliphatic rings. The molecule has 1 N–H and O–H groups in total. The monoisotopic (exact) mass is 403 g/mol. The Labute approximate surface area is 164 Å². The van der Waals surface area contributed by atoms with E-state index in [4.69, 9.17) is 9.47 Å². The van der Waals surface area contributed by atoms with E-state index in [0.717, 1.165) is 0 Å². The van der Waals surface area contributed by atoms with Crippen LogP contribution in [0.2, 0.25) is 0 Å². The topological polar surface area (TPSA) is 98.8 Å². The molecule has 0 atom stereocenters.